The van der Waals surface area contributed by atoms with Gasteiger partial charge in [-0.15, -0.1) is 0 Å². The average Bonchev–Trinajstić information content (AvgIpc) is 2.27. The Labute approximate surface area is 88.2 Å². The first kappa shape index (κ1) is 9.78. The molecule has 1 aromatic rings. The molecule has 76 valence electrons. The predicted octanol–water partition coefficient (Wildman–Crippen LogP) is 3.33. The minimum absolute atomic E-state index is 0.107. The van der Waals surface area contributed by atoms with Crippen molar-refractivity contribution in [3.05, 3.63) is 22.6 Å². The molecule has 1 aliphatic carbocycles. The van der Waals surface area contributed by atoms with Crippen molar-refractivity contribution in [2.45, 2.75) is 38.5 Å². The van der Waals surface area contributed by atoms with Crippen LogP contribution in [0.3, 0.4) is 0 Å². The molecule has 2 rings (SSSR count). The Bertz CT molecular complexity index is 350. The molecule has 2 nitrogen and oxygen atoms in total. The van der Waals surface area contributed by atoms with Crippen molar-refractivity contribution >= 4 is 17.4 Å². The van der Waals surface area contributed by atoms with Crippen LogP contribution in [0.5, 0.6) is 0 Å². The number of halogens is 1. The van der Waals surface area contributed by atoms with E-state index in [-0.39, 0.29) is 5.78 Å². The van der Waals surface area contributed by atoms with Crippen LogP contribution in [-0.4, -0.2) is 5.78 Å². The van der Waals surface area contributed by atoms with E-state index in [0.29, 0.717) is 23.1 Å². The molecule has 0 bridgehead atoms. The number of ketones is 1. The fourth-order valence-electron chi connectivity index (χ4n) is 1.71. The molecule has 0 saturated heterocycles. The molecular formula is C11H13ClO2. The number of hydrogen-bond acceptors (Lipinski definition) is 2. The van der Waals surface area contributed by atoms with E-state index in [0.717, 1.165) is 18.6 Å². The first-order chi connectivity index (χ1) is 6.66. The van der Waals surface area contributed by atoms with E-state index in [2.05, 4.69) is 0 Å². The van der Waals surface area contributed by atoms with Gasteiger partial charge in [-0.1, -0.05) is 18.0 Å². The quantitative estimate of drug-likeness (QED) is 0.770. The zero-order chi connectivity index (χ0) is 10.1. The Hall–Kier alpha value is -0.760. The minimum atomic E-state index is 0.107. The number of furan rings is 1. The minimum Gasteiger partial charge on any atom is -0.464 e. The molecule has 0 spiro atoms. The third-order valence-electron chi connectivity index (χ3n) is 2.66. The lowest BCUT2D eigenvalue weighted by Gasteiger charge is -2.23. The largest absolute Gasteiger partial charge is 0.464 e. The van der Waals surface area contributed by atoms with Gasteiger partial charge in [0.05, 0.1) is 11.4 Å². The summed E-state index contributed by atoms with van der Waals surface area (Å²) >= 11 is 6.03. The highest BCUT2D eigenvalue weighted by molar-refractivity contribution is 6.31. The van der Waals surface area contributed by atoms with Gasteiger partial charge in [-0.05, 0) is 25.8 Å². The van der Waals surface area contributed by atoms with Crippen LogP contribution in [0.1, 0.15) is 43.6 Å². The number of Topliss-reactive ketones (excluding diaryl/α,β-unsaturated/α-hetero) is 1. The summed E-state index contributed by atoms with van der Waals surface area (Å²) in [4.78, 5) is 10.9. The monoisotopic (exact) mass is 212 g/mol. The first-order valence-electron chi connectivity index (χ1n) is 4.94. The summed E-state index contributed by atoms with van der Waals surface area (Å²) in [5, 5.41) is 0.686. The SMILES string of the molecule is CC(=O)Cc1cc(Cl)c(C2CCC2)o1. The molecule has 0 atom stereocenters. The van der Waals surface area contributed by atoms with Gasteiger partial charge in [0.2, 0.25) is 0 Å². The second-order valence-electron chi connectivity index (χ2n) is 3.93. The molecule has 3 heteroatoms. The molecule has 0 unspecified atom stereocenters. The third-order valence-corrected chi connectivity index (χ3v) is 2.96. The summed E-state index contributed by atoms with van der Waals surface area (Å²) in [5.41, 5.74) is 0. The third kappa shape index (κ3) is 1.85. The van der Waals surface area contributed by atoms with Crippen molar-refractivity contribution in [1.29, 1.82) is 0 Å². The van der Waals surface area contributed by atoms with Crippen molar-refractivity contribution in [3.8, 4) is 0 Å². The zero-order valence-electron chi connectivity index (χ0n) is 8.18. The topological polar surface area (TPSA) is 30.2 Å². The smallest absolute Gasteiger partial charge is 0.137 e. The van der Waals surface area contributed by atoms with Crippen LogP contribution in [0.4, 0.5) is 0 Å². The Morgan fingerprint density at radius 3 is 2.86 bits per heavy atom. The summed E-state index contributed by atoms with van der Waals surface area (Å²) in [6, 6.07) is 1.77. The Balaban J connectivity index is 2.16. The maximum atomic E-state index is 10.9. The molecule has 0 amide bonds. The van der Waals surface area contributed by atoms with E-state index < -0.39 is 0 Å². The maximum absolute atomic E-state index is 10.9. The summed E-state index contributed by atoms with van der Waals surface area (Å²) in [6.45, 7) is 1.56. The van der Waals surface area contributed by atoms with Crippen LogP contribution in [0.2, 0.25) is 5.02 Å². The van der Waals surface area contributed by atoms with Crippen LogP contribution in [0.25, 0.3) is 0 Å². The number of rotatable bonds is 3. The molecule has 1 heterocycles. The summed E-state index contributed by atoms with van der Waals surface area (Å²) in [7, 11) is 0. The van der Waals surface area contributed by atoms with Crippen molar-refractivity contribution in [1.82, 2.24) is 0 Å². The van der Waals surface area contributed by atoms with Gasteiger partial charge in [-0.3, -0.25) is 4.79 Å². The van der Waals surface area contributed by atoms with E-state index in [1.807, 2.05) is 0 Å². The van der Waals surface area contributed by atoms with E-state index in [1.165, 1.54) is 6.42 Å². The second-order valence-corrected chi connectivity index (χ2v) is 4.34. The van der Waals surface area contributed by atoms with Gasteiger partial charge in [0.1, 0.15) is 17.3 Å². The summed E-state index contributed by atoms with van der Waals surface area (Å²) in [5.74, 6) is 2.18. The van der Waals surface area contributed by atoms with E-state index in [1.54, 1.807) is 13.0 Å². The number of carbonyl (C=O) groups excluding carboxylic acids is 1. The lowest BCUT2D eigenvalue weighted by molar-refractivity contribution is -0.116. The van der Waals surface area contributed by atoms with Gasteiger partial charge >= 0.3 is 0 Å². The molecule has 0 radical (unpaired) electrons. The molecule has 1 aromatic heterocycles. The lowest BCUT2D eigenvalue weighted by Crippen LogP contribution is -2.07. The highest BCUT2D eigenvalue weighted by Crippen LogP contribution is 2.41. The number of hydrogen-bond donors (Lipinski definition) is 0. The lowest BCUT2D eigenvalue weighted by atomic mass is 9.84. The predicted molar refractivity (Wildman–Crippen MR) is 54.7 cm³/mol. The van der Waals surface area contributed by atoms with Crippen LogP contribution >= 0.6 is 11.6 Å². The Morgan fingerprint density at radius 1 is 1.64 bits per heavy atom. The van der Waals surface area contributed by atoms with E-state index in [9.17, 15) is 4.79 Å². The van der Waals surface area contributed by atoms with Gasteiger partial charge in [0, 0.05) is 5.92 Å². The van der Waals surface area contributed by atoms with Crippen molar-refractivity contribution in [3.63, 3.8) is 0 Å². The molecule has 1 fully saturated rings. The standard InChI is InChI=1S/C11H13ClO2/c1-7(13)5-9-6-10(12)11(14-9)8-3-2-4-8/h6,8H,2-5H2,1H3. The molecule has 1 saturated carbocycles. The molecule has 0 aliphatic heterocycles. The zero-order valence-corrected chi connectivity index (χ0v) is 8.93. The first-order valence-corrected chi connectivity index (χ1v) is 5.32. The molecule has 1 aliphatic rings. The maximum Gasteiger partial charge on any atom is 0.137 e. The summed E-state index contributed by atoms with van der Waals surface area (Å²) in [6.07, 6.45) is 3.93. The van der Waals surface area contributed by atoms with Gasteiger partial charge in [-0.2, -0.15) is 0 Å². The van der Waals surface area contributed by atoms with Gasteiger partial charge in [0.25, 0.3) is 0 Å². The van der Waals surface area contributed by atoms with Crippen LogP contribution in [0.15, 0.2) is 10.5 Å². The van der Waals surface area contributed by atoms with Crippen molar-refractivity contribution in [2.24, 2.45) is 0 Å². The van der Waals surface area contributed by atoms with Gasteiger partial charge in [0.15, 0.2) is 0 Å². The van der Waals surface area contributed by atoms with Crippen molar-refractivity contribution < 1.29 is 9.21 Å². The Kier molecular flexibility index (Phi) is 2.64. The molecular weight excluding hydrogens is 200 g/mol. The second kappa shape index (κ2) is 3.77. The highest BCUT2D eigenvalue weighted by Gasteiger charge is 2.25. The normalized spacial score (nSPS) is 16.7. The van der Waals surface area contributed by atoms with Crippen LogP contribution in [0, 0.1) is 0 Å². The highest BCUT2D eigenvalue weighted by atomic mass is 35.5. The van der Waals surface area contributed by atoms with Crippen LogP contribution in [-0.2, 0) is 11.2 Å². The van der Waals surface area contributed by atoms with E-state index >= 15 is 0 Å². The van der Waals surface area contributed by atoms with Crippen LogP contribution < -0.4 is 0 Å². The fraction of sp³-hybridized carbons (Fsp3) is 0.545. The van der Waals surface area contributed by atoms with Crippen molar-refractivity contribution in [2.75, 3.05) is 0 Å². The molecule has 14 heavy (non-hydrogen) atoms. The fourth-order valence-corrected chi connectivity index (χ4v) is 2.03. The Morgan fingerprint density at radius 2 is 2.36 bits per heavy atom. The van der Waals surface area contributed by atoms with Gasteiger partial charge < -0.3 is 4.42 Å². The summed E-state index contributed by atoms with van der Waals surface area (Å²) < 4.78 is 5.58. The molecule has 0 aromatic carbocycles. The molecule has 0 N–H and O–H groups in total. The average molecular weight is 213 g/mol. The van der Waals surface area contributed by atoms with Gasteiger partial charge in [-0.25, -0.2) is 0 Å². The van der Waals surface area contributed by atoms with E-state index in [4.69, 9.17) is 16.0 Å². The number of carbonyl (C=O) groups is 1.